The minimum Gasteiger partial charge on any atom is -0.374 e. The van der Waals surface area contributed by atoms with Crippen LogP contribution in [0.15, 0.2) is 24.3 Å². The SMILES string of the molecule is CC(C)c1ccc(N(C)CC2(CN)CCC2)cc1. The highest BCUT2D eigenvalue weighted by Crippen LogP contribution is 2.41. The Morgan fingerprint density at radius 3 is 2.22 bits per heavy atom. The number of rotatable bonds is 5. The first-order chi connectivity index (χ1) is 8.56. The van der Waals surface area contributed by atoms with Gasteiger partial charge in [-0.15, -0.1) is 0 Å². The molecule has 1 aliphatic carbocycles. The van der Waals surface area contributed by atoms with E-state index in [1.807, 2.05) is 0 Å². The van der Waals surface area contributed by atoms with Crippen LogP contribution in [0.5, 0.6) is 0 Å². The van der Waals surface area contributed by atoms with Crippen molar-refractivity contribution in [3.8, 4) is 0 Å². The van der Waals surface area contributed by atoms with E-state index in [-0.39, 0.29) is 0 Å². The van der Waals surface area contributed by atoms with Crippen LogP contribution in [0.3, 0.4) is 0 Å². The Kier molecular flexibility index (Phi) is 3.96. The lowest BCUT2D eigenvalue weighted by Crippen LogP contribution is -2.46. The minimum absolute atomic E-state index is 0.380. The molecule has 0 heterocycles. The minimum atomic E-state index is 0.380. The van der Waals surface area contributed by atoms with Crippen molar-refractivity contribution in [1.29, 1.82) is 0 Å². The van der Waals surface area contributed by atoms with Crippen LogP contribution in [0.1, 0.15) is 44.6 Å². The van der Waals surface area contributed by atoms with Gasteiger partial charge in [-0.3, -0.25) is 0 Å². The van der Waals surface area contributed by atoms with E-state index in [1.165, 1.54) is 30.5 Å². The summed E-state index contributed by atoms with van der Waals surface area (Å²) in [7, 11) is 2.18. The lowest BCUT2D eigenvalue weighted by Gasteiger charge is -2.44. The highest BCUT2D eigenvalue weighted by Gasteiger charge is 2.36. The third-order valence-corrected chi connectivity index (χ3v) is 4.42. The summed E-state index contributed by atoms with van der Waals surface area (Å²) < 4.78 is 0. The highest BCUT2D eigenvalue weighted by atomic mass is 15.1. The summed E-state index contributed by atoms with van der Waals surface area (Å²) in [5.41, 5.74) is 9.02. The molecular weight excluding hydrogens is 220 g/mol. The average molecular weight is 246 g/mol. The van der Waals surface area contributed by atoms with Crippen LogP contribution in [0.25, 0.3) is 0 Å². The predicted octanol–water partition coefficient (Wildman–Crippen LogP) is 3.38. The maximum absolute atomic E-state index is 5.93. The number of hydrogen-bond acceptors (Lipinski definition) is 2. The van der Waals surface area contributed by atoms with Gasteiger partial charge < -0.3 is 10.6 Å². The van der Waals surface area contributed by atoms with Gasteiger partial charge >= 0.3 is 0 Å². The second-order valence-corrected chi connectivity index (χ2v) is 6.16. The molecule has 0 unspecified atom stereocenters. The Morgan fingerprint density at radius 2 is 1.83 bits per heavy atom. The molecule has 1 saturated carbocycles. The van der Waals surface area contributed by atoms with Crippen LogP contribution < -0.4 is 10.6 Å². The second kappa shape index (κ2) is 5.31. The summed E-state index contributed by atoms with van der Waals surface area (Å²) >= 11 is 0. The fourth-order valence-corrected chi connectivity index (χ4v) is 2.81. The molecule has 0 saturated heterocycles. The molecule has 1 aromatic carbocycles. The first-order valence-electron chi connectivity index (χ1n) is 7.07. The zero-order valence-electron chi connectivity index (χ0n) is 11.9. The van der Waals surface area contributed by atoms with Gasteiger partial charge in [0.25, 0.3) is 0 Å². The summed E-state index contributed by atoms with van der Waals surface area (Å²) in [6.07, 6.45) is 3.92. The van der Waals surface area contributed by atoms with Gasteiger partial charge in [-0.2, -0.15) is 0 Å². The van der Waals surface area contributed by atoms with Crippen molar-refractivity contribution in [2.24, 2.45) is 11.1 Å². The van der Waals surface area contributed by atoms with Crippen molar-refractivity contribution in [3.63, 3.8) is 0 Å². The standard InChI is InChI=1S/C16H26N2/c1-13(2)14-5-7-15(8-6-14)18(3)12-16(11-17)9-4-10-16/h5-8,13H,4,9-12,17H2,1-3H3. The van der Waals surface area contributed by atoms with Crippen molar-refractivity contribution in [1.82, 2.24) is 0 Å². The molecule has 0 radical (unpaired) electrons. The number of anilines is 1. The van der Waals surface area contributed by atoms with E-state index < -0.39 is 0 Å². The Hall–Kier alpha value is -1.02. The maximum Gasteiger partial charge on any atom is 0.0363 e. The molecule has 2 heteroatoms. The molecule has 0 amide bonds. The number of nitrogens with two attached hydrogens (primary N) is 1. The van der Waals surface area contributed by atoms with Gasteiger partial charge in [-0.1, -0.05) is 32.4 Å². The van der Waals surface area contributed by atoms with Gasteiger partial charge in [-0.25, -0.2) is 0 Å². The van der Waals surface area contributed by atoms with E-state index in [4.69, 9.17) is 5.73 Å². The first-order valence-corrected chi connectivity index (χ1v) is 7.07. The van der Waals surface area contributed by atoms with E-state index in [2.05, 4.69) is 50.1 Å². The van der Waals surface area contributed by atoms with Crippen molar-refractivity contribution < 1.29 is 0 Å². The molecule has 0 spiro atoms. The lowest BCUT2D eigenvalue weighted by atomic mass is 9.68. The molecule has 100 valence electrons. The van der Waals surface area contributed by atoms with Crippen LogP contribution in [0, 0.1) is 5.41 Å². The zero-order chi connectivity index (χ0) is 13.2. The number of nitrogens with zero attached hydrogens (tertiary/aromatic N) is 1. The summed E-state index contributed by atoms with van der Waals surface area (Å²) in [4.78, 5) is 2.36. The summed E-state index contributed by atoms with van der Waals surface area (Å²) in [5, 5.41) is 0. The predicted molar refractivity (Wildman–Crippen MR) is 79.1 cm³/mol. The van der Waals surface area contributed by atoms with Crippen molar-refractivity contribution >= 4 is 5.69 Å². The summed E-state index contributed by atoms with van der Waals surface area (Å²) in [5.74, 6) is 0.603. The Balaban J connectivity index is 2.02. The molecule has 0 aromatic heterocycles. The molecule has 2 N–H and O–H groups in total. The molecule has 2 nitrogen and oxygen atoms in total. The lowest BCUT2D eigenvalue weighted by molar-refractivity contribution is 0.154. The first kappa shape index (κ1) is 13.4. The van der Waals surface area contributed by atoms with E-state index in [1.54, 1.807) is 0 Å². The number of hydrogen-bond donors (Lipinski definition) is 1. The van der Waals surface area contributed by atoms with Crippen molar-refractivity contribution in [2.45, 2.75) is 39.0 Å². The summed E-state index contributed by atoms with van der Waals surface area (Å²) in [6.45, 7) is 6.37. The molecular formula is C16H26N2. The van der Waals surface area contributed by atoms with Crippen LogP contribution >= 0.6 is 0 Å². The van der Waals surface area contributed by atoms with Gasteiger partial charge in [0.15, 0.2) is 0 Å². The summed E-state index contributed by atoms with van der Waals surface area (Å²) in [6, 6.07) is 8.95. The number of benzene rings is 1. The Labute approximate surface area is 111 Å². The van der Waals surface area contributed by atoms with Gasteiger partial charge in [0.05, 0.1) is 0 Å². The van der Waals surface area contributed by atoms with E-state index >= 15 is 0 Å². The Bertz CT molecular complexity index is 371. The molecule has 0 bridgehead atoms. The van der Waals surface area contributed by atoms with Crippen LogP contribution in [-0.4, -0.2) is 20.1 Å². The smallest absolute Gasteiger partial charge is 0.0363 e. The maximum atomic E-state index is 5.93. The van der Waals surface area contributed by atoms with E-state index in [9.17, 15) is 0 Å². The highest BCUT2D eigenvalue weighted by molar-refractivity contribution is 5.47. The van der Waals surface area contributed by atoms with Crippen molar-refractivity contribution in [2.75, 3.05) is 25.0 Å². The molecule has 0 aliphatic heterocycles. The average Bonchev–Trinajstić information content (AvgIpc) is 2.33. The van der Waals surface area contributed by atoms with Crippen LogP contribution in [0.4, 0.5) is 5.69 Å². The van der Waals surface area contributed by atoms with Gasteiger partial charge in [0.2, 0.25) is 0 Å². The monoisotopic (exact) mass is 246 g/mol. The molecule has 1 fully saturated rings. The third kappa shape index (κ3) is 2.69. The molecule has 1 aromatic rings. The van der Waals surface area contributed by atoms with E-state index in [0.29, 0.717) is 11.3 Å². The van der Waals surface area contributed by atoms with Gasteiger partial charge in [-0.05, 0) is 43.0 Å². The Morgan fingerprint density at radius 1 is 1.22 bits per heavy atom. The quantitative estimate of drug-likeness (QED) is 0.863. The van der Waals surface area contributed by atoms with Crippen LogP contribution in [-0.2, 0) is 0 Å². The fraction of sp³-hybridized carbons (Fsp3) is 0.625. The molecule has 0 atom stereocenters. The van der Waals surface area contributed by atoms with E-state index in [0.717, 1.165) is 13.1 Å². The van der Waals surface area contributed by atoms with Gasteiger partial charge in [0.1, 0.15) is 0 Å². The van der Waals surface area contributed by atoms with Crippen molar-refractivity contribution in [3.05, 3.63) is 29.8 Å². The van der Waals surface area contributed by atoms with Gasteiger partial charge in [0, 0.05) is 24.7 Å². The molecule has 2 rings (SSSR count). The second-order valence-electron chi connectivity index (χ2n) is 6.16. The largest absolute Gasteiger partial charge is 0.374 e. The third-order valence-electron chi connectivity index (χ3n) is 4.42. The fourth-order valence-electron chi connectivity index (χ4n) is 2.81. The topological polar surface area (TPSA) is 29.3 Å². The molecule has 18 heavy (non-hydrogen) atoms. The zero-order valence-corrected chi connectivity index (χ0v) is 11.9. The molecule has 1 aliphatic rings. The normalized spacial score (nSPS) is 17.6. The van der Waals surface area contributed by atoms with Crippen LogP contribution in [0.2, 0.25) is 0 Å².